The molecule has 2 heterocycles. The van der Waals surface area contributed by atoms with Crippen molar-refractivity contribution >= 4 is 39.8 Å². The number of benzene rings is 1. The van der Waals surface area contributed by atoms with Crippen LogP contribution in [0.2, 0.25) is 0 Å². The molecule has 0 saturated carbocycles. The molecule has 2 aliphatic rings. The SMILES string of the molecule is CCNC(=NCc1ccc(CN2CCCCC2C)cc1)N1CCS(=O)(=O)C(C)(C)C1.I. The van der Waals surface area contributed by atoms with Crippen molar-refractivity contribution in [3.63, 3.8) is 0 Å². The first kappa shape index (κ1) is 26.4. The van der Waals surface area contributed by atoms with Gasteiger partial charge in [0, 0.05) is 32.2 Å². The molecule has 6 nitrogen and oxygen atoms in total. The van der Waals surface area contributed by atoms with E-state index in [2.05, 4.69) is 46.3 Å². The number of rotatable bonds is 5. The van der Waals surface area contributed by atoms with Crippen LogP contribution in [0.4, 0.5) is 0 Å². The average molecular weight is 563 g/mol. The predicted octanol–water partition coefficient (Wildman–Crippen LogP) is 3.65. The van der Waals surface area contributed by atoms with Crippen molar-refractivity contribution in [3.8, 4) is 0 Å². The number of halogens is 1. The van der Waals surface area contributed by atoms with Crippen LogP contribution in [0, 0.1) is 0 Å². The number of piperidine rings is 1. The molecular formula is C23H39IN4O2S. The minimum absolute atomic E-state index is 0. The topological polar surface area (TPSA) is 65.0 Å². The van der Waals surface area contributed by atoms with Gasteiger partial charge in [0.05, 0.1) is 17.0 Å². The van der Waals surface area contributed by atoms with Crippen LogP contribution >= 0.6 is 24.0 Å². The Morgan fingerprint density at radius 3 is 2.45 bits per heavy atom. The molecule has 1 N–H and O–H groups in total. The van der Waals surface area contributed by atoms with E-state index in [1.165, 1.54) is 36.9 Å². The molecule has 0 amide bonds. The monoisotopic (exact) mass is 562 g/mol. The highest BCUT2D eigenvalue weighted by atomic mass is 127. The number of likely N-dealkylation sites (tertiary alicyclic amines) is 1. The summed E-state index contributed by atoms with van der Waals surface area (Å²) in [5, 5.41) is 3.33. The van der Waals surface area contributed by atoms with Gasteiger partial charge < -0.3 is 10.2 Å². The lowest BCUT2D eigenvalue weighted by Crippen LogP contribution is -2.57. The van der Waals surface area contributed by atoms with Gasteiger partial charge in [-0.1, -0.05) is 30.7 Å². The quantitative estimate of drug-likeness (QED) is 0.337. The van der Waals surface area contributed by atoms with Crippen LogP contribution in [0.5, 0.6) is 0 Å². The summed E-state index contributed by atoms with van der Waals surface area (Å²) >= 11 is 0. The normalized spacial score (nSPS) is 23.8. The van der Waals surface area contributed by atoms with Gasteiger partial charge >= 0.3 is 0 Å². The van der Waals surface area contributed by atoms with Crippen LogP contribution in [0.15, 0.2) is 29.3 Å². The van der Waals surface area contributed by atoms with E-state index in [9.17, 15) is 8.42 Å². The highest BCUT2D eigenvalue weighted by Crippen LogP contribution is 2.24. The Kier molecular flexibility index (Phi) is 9.63. The number of hydrogen-bond acceptors (Lipinski definition) is 4. The molecule has 1 unspecified atom stereocenters. The summed E-state index contributed by atoms with van der Waals surface area (Å²) in [6.07, 6.45) is 3.95. The van der Waals surface area contributed by atoms with Crippen LogP contribution in [0.25, 0.3) is 0 Å². The molecule has 0 aromatic heterocycles. The maximum absolute atomic E-state index is 12.3. The first-order valence-corrected chi connectivity index (χ1v) is 12.9. The molecule has 0 radical (unpaired) electrons. The minimum Gasteiger partial charge on any atom is -0.357 e. The molecule has 0 spiro atoms. The van der Waals surface area contributed by atoms with Gasteiger partial charge in [0.15, 0.2) is 15.8 Å². The molecule has 0 aliphatic carbocycles. The summed E-state index contributed by atoms with van der Waals surface area (Å²) in [4.78, 5) is 9.46. The second-order valence-corrected chi connectivity index (χ2v) is 12.0. The second kappa shape index (κ2) is 11.3. The largest absolute Gasteiger partial charge is 0.357 e. The first-order valence-electron chi connectivity index (χ1n) is 11.3. The third-order valence-corrected chi connectivity index (χ3v) is 8.97. The summed E-state index contributed by atoms with van der Waals surface area (Å²) in [6, 6.07) is 9.44. The summed E-state index contributed by atoms with van der Waals surface area (Å²) < 4.78 is 23.9. The average Bonchev–Trinajstić information content (AvgIpc) is 2.70. The van der Waals surface area contributed by atoms with Gasteiger partial charge in [-0.05, 0) is 58.2 Å². The zero-order chi connectivity index (χ0) is 21.8. The van der Waals surface area contributed by atoms with Gasteiger partial charge in [-0.3, -0.25) is 4.90 Å². The Hall–Kier alpha value is -0.870. The van der Waals surface area contributed by atoms with E-state index in [4.69, 9.17) is 4.99 Å². The molecule has 0 bridgehead atoms. The van der Waals surface area contributed by atoms with E-state index in [0.29, 0.717) is 25.7 Å². The van der Waals surface area contributed by atoms with Crippen molar-refractivity contribution in [2.24, 2.45) is 4.99 Å². The van der Waals surface area contributed by atoms with Crippen molar-refractivity contribution < 1.29 is 8.42 Å². The van der Waals surface area contributed by atoms with Crippen LogP contribution in [-0.2, 0) is 22.9 Å². The Bertz CT molecular complexity index is 840. The fourth-order valence-corrected chi connectivity index (χ4v) is 5.66. The van der Waals surface area contributed by atoms with E-state index in [0.717, 1.165) is 19.0 Å². The van der Waals surface area contributed by atoms with Crippen LogP contribution in [0.1, 0.15) is 58.1 Å². The zero-order valence-corrected chi connectivity index (χ0v) is 22.6. The summed E-state index contributed by atoms with van der Waals surface area (Å²) in [6.45, 7) is 12.5. The third-order valence-electron chi connectivity index (χ3n) is 6.44. The third kappa shape index (κ3) is 6.81. The highest BCUT2D eigenvalue weighted by molar-refractivity contribution is 14.0. The standard InChI is InChI=1S/C23H38N4O2S.HI/c1-5-24-22(27-14-15-30(28,29)23(3,4)18-27)25-16-20-9-11-21(12-10-20)17-26-13-7-6-8-19(26)2;/h9-12,19H,5-8,13-18H2,1-4H3,(H,24,25);1H. The zero-order valence-electron chi connectivity index (χ0n) is 19.4. The van der Waals surface area contributed by atoms with E-state index >= 15 is 0 Å². The van der Waals surface area contributed by atoms with Crippen molar-refractivity contribution in [2.45, 2.75) is 70.8 Å². The van der Waals surface area contributed by atoms with Gasteiger partial charge in [0.1, 0.15) is 0 Å². The van der Waals surface area contributed by atoms with E-state index in [1.807, 2.05) is 6.92 Å². The maximum Gasteiger partial charge on any atom is 0.194 e. The minimum atomic E-state index is -3.06. The lowest BCUT2D eigenvalue weighted by molar-refractivity contribution is 0.152. The Morgan fingerprint density at radius 2 is 1.84 bits per heavy atom. The molecule has 1 aromatic carbocycles. The lowest BCUT2D eigenvalue weighted by Gasteiger charge is -2.39. The number of aliphatic imine (C=N–C) groups is 1. The van der Waals surface area contributed by atoms with E-state index < -0.39 is 14.6 Å². The van der Waals surface area contributed by atoms with Crippen molar-refractivity contribution in [1.29, 1.82) is 0 Å². The van der Waals surface area contributed by atoms with Gasteiger partial charge in [-0.2, -0.15) is 0 Å². The van der Waals surface area contributed by atoms with E-state index in [-0.39, 0.29) is 29.7 Å². The molecule has 2 fully saturated rings. The number of nitrogens with one attached hydrogen (secondary N) is 1. The molecule has 176 valence electrons. The van der Waals surface area contributed by atoms with Crippen molar-refractivity contribution in [1.82, 2.24) is 15.1 Å². The van der Waals surface area contributed by atoms with Crippen LogP contribution in [-0.4, -0.2) is 66.9 Å². The molecule has 8 heteroatoms. The summed E-state index contributed by atoms with van der Waals surface area (Å²) in [5.41, 5.74) is 2.52. The number of sulfone groups is 1. The van der Waals surface area contributed by atoms with Crippen molar-refractivity contribution in [3.05, 3.63) is 35.4 Å². The van der Waals surface area contributed by atoms with Crippen molar-refractivity contribution in [2.75, 3.05) is 31.9 Å². The Labute approximate surface area is 205 Å². The molecular weight excluding hydrogens is 523 g/mol. The van der Waals surface area contributed by atoms with Gasteiger partial charge in [-0.15, -0.1) is 24.0 Å². The summed E-state index contributed by atoms with van der Waals surface area (Å²) in [5.74, 6) is 0.973. The number of hydrogen-bond donors (Lipinski definition) is 1. The predicted molar refractivity (Wildman–Crippen MR) is 140 cm³/mol. The molecule has 3 rings (SSSR count). The smallest absolute Gasteiger partial charge is 0.194 e. The Morgan fingerprint density at radius 1 is 1.16 bits per heavy atom. The molecule has 2 aliphatic heterocycles. The van der Waals surface area contributed by atoms with Gasteiger partial charge in [0.25, 0.3) is 0 Å². The van der Waals surface area contributed by atoms with Gasteiger partial charge in [0.2, 0.25) is 0 Å². The van der Waals surface area contributed by atoms with E-state index in [1.54, 1.807) is 13.8 Å². The number of guanidine groups is 1. The summed E-state index contributed by atoms with van der Waals surface area (Å²) in [7, 11) is -3.06. The second-order valence-electron chi connectivity index (χ2n) is 9.30. The number of nitrogens with zero attached hydrogens (tertiary/aromatic N) is 3. The molecule has 1 aromatic rings. The van der Waals surface area contributed by atoms with Crippen LogP contribution < -0.4 is 5.32 Å². The molecule has 31 heavy (non-hydrogen) atoms. The van der Waals surface area contributed by atoms with Gasteiger partial charge in [-0.25, -0.2) is 13.4 Å². The first-order chi connectivity index (χ1) is 14.2. The fourth-order valence-electron chi connectivity index (χ4n) is 4.29. The van der Waals surface area contributed by atoms with Crippen LogP contribution in [0.3, 0.4) is 0 Å². The lowest BCUT2D eigenvalue weighted by atomic mass is 10.0. The molecule has 2 saturated heterocycles. The molecule has 1 atom stereocenters. The Balaban J connectivity index is 0.00000341. The highest BCUT2D eigenvalue weighted by Gasteiger charge is 2.40. The maximum atomic E-state index is 12.3. The fraction of sp³-hybridized carbons (Fsp3) is 0.696.